The summed E-state index contributed by atoms with van der Waals surface area (Å²) >= 11 is 0. The topological polar surface area (TPSA) is 37.8 Å². The fraction of sp³-hybridized carbons (Fsp3) is 0.286. The zero-order valence-corrected chi connectivity index (χ0v) is 11.1. The SMILES string of the molecule is CCNc1cc(-c2ccc(C(F)(F)F)cc2)nc(C)n1. The Morgan fingerprint density at radius 3 is 2.30 bits per heavy atom. The third kappa shape index (κ3) is 3.26. The predicted octanol–water partition coefficient (Wildman–Crippen LogP) is 3.90. The minimum Gasteiger partial charge on any atom is -0.370 e. The summed E-state index contributed by atoms with van der Waals surface area (Å²) in [7, 11) is 0. The maximum Gasteiger partial charge on any atom is 0.416 e. The Morgan fingerprint density at radius 1 is 1.10 bits per heavy atom. The van der Waals surface area contributed by atoms with Gasteiger partial charge in [0.25, 0.3) is 0 Å². The molecule has 1 aromatic heterocycles. The molecule has 0 bridgehead atoms. The Hall–Kier alpha value is -2.11. The summed E-state index contributed by atoms with van der Waals surface area (Å²) < 4.78 is 37.5. The summed E-state index contributed by atoms with van der Waals surface area (Å²) in [5.74, 6) is 1.23. The van der Waals surface area contributed by atoms with Gasteiger partial charge in [0.15, 0.2) is 0 Å². The van der Waals surface area contributed by atoms with Gasteiger partial charge in [0, 0.05) is 18.2 Å². The molecule has 0 saturated heterocycles. The van der Waals surface area contributed by atoms with Crippen LogP contribution in [0.4, 0.5) is 19.0 Å². The van der Waals surface area contributed by atoms with E-state index < -0.39 is 11.7 Å². The Bertz CT molecular complexity index is 592. The monoisotopic (exact) mass is 281 g/mol. The Morgan fingerprint density at radius 2 is 1.75 bits per heavy atom. The summed E-state index contributed by atoms with van der Waals surface area (Å²) in [6.45, 7) is 4.40. The van der Waals surface area contributed by atoms with Gasteiger partial charge in [-0.1, -0.05) is 12.1 Å². The lowest BCUT2D eigenvalue weighted by atomic mass is 10.1. The van der Waals surface area contributed by atoms with Gasteiger partial charge in [-0.25, -0.2) is 9.97 Å². The van der Waals surface area contributed by atoms with Gasteiger partial charge in [-0.3, -0.25) is 0 Å². The zero-order valence-electron chi connectivity index (χ0n) is 11.1. The van der Waals surface area contributed by atoms with Crippen LogP contribution >= 0.6 is 0 Å². The van der Waals surface area contributed by atoms with Gasteiger partial charge in [-0.2, -0.15) is 13.2 Å². The van der Waals surface area contributed by atoms with Crippen molar-refractivity contribution in [1.29, 1.82) is 0 Å². The molecule has 1 aromatic carbocycles. The zero-order chi connectivity index (χ0) is 14.8. The van der Waals surface area contributed by atoms with Crippen LogP contribution in [0.5, 0.6) is 0 Å². The first-order valence-corrected chi connectivity index (χ1v) is 6.17. The summed E-state index contributed by atoms with van der Waals surface area (Å²) in [5.41, 5.74) is 0.559. The quantitative estimate of drug-likeness (QED) is 0.927. The van der Waals surface area contributed by atoms with Crippen molar-refractivity contribution in [3.63, 3.8) is 0 Å². The second kappa shape index (κ2) is 5.48. The van der Waals surface area contributed by atoms with Gasteiger partial charge in [0.2, 0.25) is 0 Å². The summed E-state index contributed by atoms with van der Waals surface area (Å²) in [5, 5.41) is 3.06. The highest BCUT2D eigenvalue weighted by Crippen LogP contribution is 2.30. The van der Waals surface area contributed by atoms with E-state index in [4.69, 9.17) is 0 Å². The highest BCUT2D eigenvalue weighted by Gasteiger charge is 2.30. The Labute approximate surface area is 114 Å². The third-order valence-corrected chi connectivity index (χ3v) is 2.70. The molecule has 0 radical (unpaired) electrons. The van der Waals surface area contributed by atoms with Gasteiger partial charge in [0.1, 0.15) is 11.6 Å². The maximum atomic E-state index is 12.5. The molecule has 2 aromatic rings. The molecule has 0 aliphatic heterocycles. The minimum absolute atomic E-state index is 0.568. The van der Waals surface area contributed by atoms with E-state index in [0.717, 1.165) is 12.1 Å². The number of nitrogens with one attached hydrogen (secondary N) is 1. The molecule has 6 heteroatoms. The fourth-order valence-electron chi connectivity index (χ4n) is 1.82. The maximum absolute atomic E-state index is 12.5. The van der Waals surface area contributed by atoms with Crippen molar-refractivity contribution in [3.8, 4) is 11.3 Å². The molecule has 0 saturated carbocycles. The van der Waals surface area contributed by atoms with Crippen LogP contribution in [0.25, 0.3) is 11.3 Å². The molecule has 0 unspecified atom stereocenters. The first-order valence-electron chi connectivity index (χ1n) is 6.17. The number of aryl methyl sites for hydroxylation is 1. The molecule has 106 valence electrons. The van der Waals surface area contributed by atoms with Crippen LogP contribution in [0.2, 0.25) is 0 Å². The molecule has 3 nitrogen and oxygen atoms in total. The van der Waals surface area contributed by atoms with Crippen LogP contribution in [-0.4, -0.2) is 16.5 Å². The average Bonchev–Trinajstić information content (AvgIpc) is 2.37. The van der Waals surface area contributed by atoms with Crippen LogP contribution in [0, 0.1) is 6.92 Å². The summed E-state index contributed by atoms with van der Waals surface area (Å²) in [4.78, 5) is 8.45. The van der Waals surface area contributed by atoms with Crippen molar-refractivity contribution >= 4 is 5.82 Å². The molecule has 2 rings (SSSR count). The molecule has 0 aliphatic carbocycles. The van der Waals surface area contributed by atoms with Crippen LogP contribution in [0.1, 0.15) is 18.3 Å². The first-order chi connectivity index (χ1) is 9.40. The number of hydrogen-bond acceptors (Lipinski definition) is 3. The molecule has 0 spiro atoms. The van der Waals surface area contributed by atoms with E-state index in [9.17, 15) is 13.2 Å². The molecule has 1 heterocycles. The van der Waals surface area contributed by atoms with Crippen LogP contribution in [0.15, 0.2) is 30.3 Å². The summed E-state index contributed by atoms with van der Waals surface area (Å²) in [6.07, 6.45) is -4.32. The van der Waals surface area contributed by atoms with Gasteiger partial charge >= 0.3 is 6.18 Å². The summed E-state index contributed by atoms with van der Waals surface area (Å²) in [6, 6.07) is 6.67. The van der Waals surface area contributed by atoms with Crippen molar-refractivity contribution in [2.45, 2.75) is 20.0 Å². The lowest BCUT2D eigenvalue weighted by molar-refractivity contribution is -0.137. The van der Waals surface area contributed by atoms with E-state index in [2.05, 4.69) is 15.3 Å². The normalized spacial score (nSPS) is 11.4. The number of benzene rings is 1. The van der Waals surface area contributed by atoms with Crippen LogP contribution < -0.4 is 5.32 Å². The van der Waals surface area contributed by atoms with Gasteiger partial charge in [0.05, 0.1) is 11.3 Å². The van der Waals surface area contributed by atoms with Crippen LogP contribution in [-0.2, 0) is 6.18 Å². The molecule has 0 aliphatic rings. The molecule has 0 fully saturated rings. The predicted molar refractivity (Wildman–Crippen MR) is 71.4 cm³/mol. The smallest absolute Gasteiger partial charge is 0.370 e. The third-order valence-electron chi connectivity index (χ3n) is 2.70. The minimum atomic E-state index is -4.32. The van der Waals surface area contributed by atoms with E-state index in [1.54, 1.807) is 13.0 Å². The largest absolute Gasteiger partial charge is 0.416 e. The number of aromatic nitrogens is 2. The molecule has 20 heavy (non-hydrogen) atoms. The van der Waals surface area contributed by atoms with Crippen molar-refractivity contribution in [2.75, 3.05) is 11.9 Å². The number of nitrogens with zero attached hydrogens (tertiary/aromatic N) is 2. The van der Waals surface area contributed by atoms with Crippen molar-refractivity contribution in [2.24, 2.45) is 0 Å². The lowest BCUT2D eigenvalue weighted by Crippen LogP contribution is -2.05. The second-order valence-corrected chi connectivity index (χ2v) is 4.29. The van der Waals surface area contributed by atoms with E-state index in [1.807, 2.05) is 6.92 Å². The Balaban J connectivity index is 2.36. The molecular formula is C14H14F3N3. The van der Waals surface area contributed by atoms with Crippen molar-refractivity contribution in [3.05, 3.63) is 41.7 Å². The number of alkyl halides is 3. The lowest BCUT2D eigenvalue weighted by Gasteiger charge is -2.09. The van der Waals surface area contributed by atoms with Crippen molar-refractivity contribution in [1.82, 2.24) is 9.97 Å². The van der Waals surface area contributed by atoms with E-state index >= 15 is 0 Å². The van der Waals surface area contributed by atoms with Gasteiger partial charge < -0.3 is 5.32 Å². The first kappa shape index (κ1) is 14.3. The fourth-order valence-corrected chi connectivity index (χ4v) is 1.82. The highest BCUT2D eigenvalue weighted by atomic mass is 19.4. The number of rotatable bonds is 3. The number of hydrogen-bond donors (Lipinski definition) is 1. The van der Waals surface area contributed by atoms with Gasteiger partial charge in [-0.15, -0.1) is 0 Å². The van der Waals surface area contributed by atoms with E-state index in [-0.39, 0.29) is 0 Å². The standard InChI is InChI=1S/C14H14F3N3/c1-3-18-13-8-12(19-9(2)20-13)10-4-6-11(7-5-10)14(15,16)17/h4-8H,3H2,1-2H3,(H,18,19,20). The van der Waals surface area contributed by atoms with Gasteiger partial charge in [-0.05, 0) is 26.0 Å². The van der Waals surface area contributed by atoms with E-state index in [0.29, 0.717) is 29.4 Å². The molecule has 0 amide bonds. The number of anilines is 1. The highest BCUT2D eigenvalue weighted by molar-refractivity contribution is 5.63. The molecule has 0 atom stereocenters. The number of halogens is 3. The Kier molecular flexibility index (Phi) is 3.92. The second-order valence-electron chi connectivity index (χ2n) is 4.29. The molecular weight excluding hydrogens is 267 g/mol. The molecule has 1 N–H and O–H groups in total. The van der Waals surface area contributed by atoms with E-state index in [1.165, 1.54) is 12.1 Å². The average molecular weight is 281 g/mol. The van der Waals surface area contributed by atoms with Crippen molar-refractivity contribution < 1.29 is 13.2 Å². The van der Waals surface area contributed by atoms with Crippen LogP contribution in [0.3, 0.4) is 0 Å².